The van der Waals surface area contributed by atoms with Crippen molar-refractivity contribution < 1.29 is 24.1 Å². The lowest BCUT2D eigenvalue weighted by Gasteiger charge is -2.22. The molecule has 5 rings (SSSR count). The number of rotatable bonds is 8. The number of carbonyl (C=O) groups excluding carboxylic acids is 1. The Balaban J connectivity index is 1.57. The molecule has 1 aliphatic heterocycles. The van der Waals surface area contributed by atoms with E-state index in [2.05, 4.69) is 4.98 Å². The SMILES string of the molecule is COc1cccc(OC)c1-n1c(COC2CC2)nc(=O)c(C(=O)N2CCC(c3ccccc3Cl)C2)c1O. The van der Waals surface area contributed by atoms with E-state index in [9.17, 15) is 14.7 Å². The molecule has 3 aromatic rings. The van der Waals surface area contributed by atoms with Crippen LogP contribution in [0.3, 0.4) is 0 Å². The maximum Gasteiger partial charge on any atom is 0.289 e. The molecule has 0 bridgehead atoms. The fourth-order valence-corrected chi connectivity index (χ4v) is 5.00. The molecule has 9 nitrogen and oxygen atoms in total. The second-order valence-corrected chi connectivity index (χ2v) is 9.55. The monoisotopic (exact) mass is 525 g/mol. The number of hydrogen-bond donors (Lipinski definition) is 1. The number of aromatic nitrogens is 2. The molecule has 1 aromatic heterocycles. The molecule has 2 aliphatic rings. The maximum atomic E-state index is 13.6. The molecular formula is C27H28ClN3O6. The van der Waals surface area contributed by atoms with Crippen LogP contribution in [0.4, 0.5) is 0 Å². The molecule has 1 atom stereocenters. The Hall–Kier alpha value is -3.56. The summed E-state index contributed by atoms with van der Waals surface area (Å²) in [6.45, 7) is 0.755. The molecule has 0 spiro atoms. The number of methoxy groups -OCH3 is 2. The molecule has 1 unspecified atom stereocenters. The van der Waals surface area contributed by atoms with Gasteiger partial charge in [-0.15, -0.1) is 0 Å². The normalized spacial score (nSPS) is 17.2. The second-order valence-electron chi connectivity index (χ2n) is 9.15. The molecule has 2 fully saturated rings. The van der Waals surface area contributed by atoms with Crippen molar-refractivity contribution in [2.45, 2.75) is 37.9 Å². The van der Waals surface area contributed by atoms with Crippen LogP contribution in [0.25, 0.3) is 5.69 Å². The van der Waals surface area contributed by atoms with Crippen molar-refractivity contribution in [1.29, 1.82) is 0 Å². The number of likely N-dealkylation sites (tertiary alicyclic amines) is 1. The van der Waals surface area contributed by atoms with Crippen molar-refractivity contribution in [3.05, 3.63) is 74.8 Å². The number of carbonyl (C=O) groups is 1. The van der Waals surface area contributed by atoms with Gasteiger partial charge in [0.15, 0.2) is 5.56 Å². The first-order valence-corrected chi connectivity index (χ1v) is 12.5. The number of aromatic hydroxyl groups is 1. The van der Waals surface area contributed by atoms with E-state index in [1.165, 1.54) is 18.8 Å². The average molecular weight is 526 g/mol. The van der Waals surface area contributed by atoms with Gasteiger partial charge in [-0.05, 0) is 43.0 Å². The first-order chi connectivity index (χ1) is 17.9. The van der Waals surface area contributed by atoms with Gasteiger partial charge in [0.2, 0.25) is 5.88 Å². The smallest absolute Gasteiger partial charge is 0.289 e. The van der Waals surface area contributed by atoms with E-state index in [0.717, 1.165) is 18.4 Å². The first kappa shape index (κ1) is 25.1. The Morgan fingerprint density at radius 1 is 1.08 bits per heavy atom. The summed E-state index contributed by atoms with van der Waals surface area (Å²) >= 11 is 6.38. The third-order valence-electron chi connectivity index (χ3n) is 6.77. The van der Waals surface area contributed by atoms with Gasteiger partial charge in [0.1, 0.15) is 29.6 Å². The van der Waals surface area contributed by atoms with Crippen LogP contribution in [-0.4, -0.2) is 58.9 Å². The van der Waals surface area contributed by atoms with Crippen LogP contribution in [-0.2, 0) is 11.3 Å². The van der Waals surface area contributed by atoms with Gasteiger partial charge < -0.3 is 24.2 Å². The third-order valence-corrected chi connectivity index (χ3v) is 7.11. The minimum atomic E-state index is -0.816. The standard InChI is InChI=1S/C27H28ClN3O6/c1-35-20-8-5-9-21(36-2)24(20)31-22(15-37-17-10-11-17)29-25(32)23(27(31)34)26(33)30-13-12-16(14-30)18-6-3-4-7-19(18)28/h3-9,16-17,34H,10-15H2,1-2H3. The molecule has 1 saturated heterocycles. The van der Waals surface area contributed by atoms with Crippen molar-refractivity contribution in [2.75, 3.05) is 27.3 Å². The largest absolute Gasteiger partial charge is 0.494 e. The van der Waals surface area contributed by atoms with Gasteiger partial charge in [-0.25, -0.2) is 0 Å². The van der Waals surface area contributed by atoms with E-state index in [4.69, 9.17) is 25.8 Å². The zero-order valence-electron chi connectivity index (χ0n) is 20.6. The Bertz CT molecular complexity index is 1360. The molecule has 10 heteroatoms. The van der Waals surface area contributed by atoms with Gasteiger partial charge in [-0.2, -0.15) is 4.98 Å². The number of amides is 1. The molecule has 2 aromatic carbocycles. The molecule has 1 N–H and O–H groups in total. The lowest BCUT2D eigenvalue weighted by Crippen LogP contribution is -2.35. The van der Waals surface area contributed by atoms with E-state index in [0.29, 0.717) is 41.7 Å². The summed E-state index contributed by atoms with van der Waals surface area (Å²) in [5.41, 5.74) is 0.0352. The highest BCUT2D eigenvalue weighted by Crippen LogP contribution is 2.38. The van der Waals surface area contributed by atoms with Crippen molar-refractivity contribution in [3.63, 3.8) is 0 Å². The van der Waals surface area contributed by atoms with E-state index < -0.39 is 22.9 Å². The Morgan fingerprint density at radius 3 is 2.43 bits per heavy atom. The average Bonchev–Trinajstić information content (AvgIpc) is 3.60. The summed E-state index contributed by atoms with van der Waals surface area (Å²) in [5, 5.41) is 12.1. The van der Waals surface area contributed by atoms with Crippen molar-refractivity contribution >= 4 is 17.5 Å². The van der Waals surface area contributed by atoms with Crippen LogP contribution < -0.4 is 15.0 Å². The number of halogens is 1. The Labute approximate surface area is 219 Å². The highest BCUT2D eigenvalue weighted by molar-refractivity contribution is 6.31. The van der Waals surface area contributed by atoms with Gasteiger partial charge in [0.05, 0.1) is 20.3 Å². The molecule has 2 heterocycles. The molecule has 1 amide bonds. The van der Waals surface area contributed by atoms with Crippen LogP contribution in [0.2, 0.25) is 5.02 Å². The van der Waals surface area contributed by atoms with E-state index in [-0.39, 0.29) is 24.5 Å². The molecular weight excluding hydrogens is 498 g/mol. The quantitative estimate of drug-likeness (QED) is 0.475. The van der Waals surface area contributed by atoms with Gasteiger partial charge >= 0.3 is 0 Å². The molecule has 1 aliphatic carbocycles. The van der Waals surface area contributed by atoms with Crippen LogP contribution in [0, 0.1) is 0 Å². The summed E-state index contributed by atoms with van der Waals surface area (Å²) in [4.78, 5) is 32.5. The van der Waals surface area contributed by atoms with E-state index >= 15 is 0 Å². The van der Waals surface area contributed by atoms with Crippen molar-refractivity contribution in [3.8, 4) is 23.1 Å². The van der Waals surface area contributed by atoms with Gasteiger partial charge in [0.25, 0.3) is 11.5 Å². The van der Waals surface area contributed by atoms with Crippen LogP contribution in [0.1, 0.15) is 46.9 Å². The molecule has 37 heavy (non-hydrogen) atoms. The fourth-order valence-electron chi connectivity index (χ4n) is 4.71. The highest BCUT2D eigenvalue weighted by Gasteiger charge is 2.34. The van der Waals surface area contributed by atoms with Crippen LogP contribution in [0.15, 0.2) is 47.3 Å². The summed E-state index contributed by atoms with van der Waals surface area (Å²) in [6, 6.07) is 12.6. The zero-order chi connectivity index (χ0) is 26.1. The predicted octanol–water partition coefficient (Wildman–Crippen LogP) is 3.92. The first-order valence-electron chi connectivity index (χ1n) is 12.1. The topological polar surface area (TPSA) is 103 Å². The lowest BCUT2D eigenvalue weighted by atomic mass is 9.98. The van der Waals surface area contributed by atoms with Crippen LogP contribution in [0.5, 0.6) is 17.4 Å². The summed E-state index contributed by atoms with van der Waals surface area (Å²) in [6.07, 6.45) is 2.61. The third kappa shape index (κ3) is 4.89. The Morgan fingerprint density at radius 2 is 1.78 bits per heavy atom. The number of para-hydroxylation sites is 1. The predicted molar refractivity (Wildman–Crippen MR) is 137 cm³/mol. The summed E-state index contributed by atoms with van der Waals surface area (Å²) in [5.74, 6) is -0.234. The van der Waals surface area contributed by atoms with Crippen molar-refractivity contribution in [2.24, 2.45) is 0 Å². The van der Waals surface area contributed by atoms with Gasteiger partial charge in [0, 0.05) is 24.0 Å². The summed E-state index contributed by atoms with van der Waals surface area (Å²) < 4.78 is 18.2. The second kappa shape index (κ2) is 10.4. The Kier molecular flexibility index (Phi) is 7.08. The molecule has 194 valence electrons. The minimum absolute atomic E-state index is 0.0236. The van der Waals surface area contributed by atoms with E-state index in [1.807, 2.05) is 24.3 Å². The van der Waals surface area contributed by atoms with Gasteiger partial charge in [-0.1, -0.05) is 35.9 Å². The maximum absolute atomic E-state index is 13.6. The van der Waals surface area contributed by atoms with Gasteiger partial charge in [-0.3, -0.25) is 14.2 Å². The summed E-state index contributed by atoms with van der Waals surface area (Å²) in [7, 11) is 2.97. The number of benzene rings is 2. The highest BCUT2D eigenvalue weighted by atomic mass is 35.5. The number of ether oxygens (including phenoxy) is 3. The van der Waals surface area contributed by atoms with Crippen molar-refractivity contribution in [1.82, 2.24) is 14.5 Å². The number of nitrogens with zero attached hydrogens (tertiary/aromatic N) is 3. The minimum Gasteiger partial charge on any atom is -0.494 e. The molecule has 1 saturated carbocycles. The number of hydrogen-bond acceptors (Lipinski definition) is 7. The van der Waals surface area contributed by atoms with E-state index in [1.54, 1.807) is 23.1 Å². The fraction of sp³-hybridized carbons (Fsp3) is 0.370. The molecule has 0 radical (unpaired) electrons. The lowest BCUT2D eigenvalue weighted by molar-refractivity contribution is 0.0780. The zero-order valence-corrected chi connectivity index (χ0v) is 21.4. The van der Waals surface area contributed by atoms with Crippen LogP contribution >= 0.6 is 11.6 Å².